The number of aliphatic hydroxyl groups is 1. The van der Waals surface area contributed by atoms with E-state index in [0.29, 0.717) is 24.0 Å². The molecule has 0 fully saturated rings. The Bertz CT molecular complexity index is 1150. The third-order valence-corrected chi connectivity index (χ3v) is 5.89. The fraction of sp³-hybridized carbons (Fsp3) is 0.400. The van der Waals surface area contributed by atoms with Crippen molar-refractivity contribution in [2.75, 3.05) is 6.54 Å². The number of aromatic hydroxyl groups is 3. The SMILES string of the molecule is C/C(=C\Cc1cc([C@@H]2CC(=O)c3c(O)cc(O)cc3O2)ccc1O)CCCC(C)(O)CN=[N+]=[N-]. The summed E-state index contributed by atoms with van der Waals surface area (Å²) >= 11 is 0. The Balaban J connectivity index is 1.67. The van der Waals surface area contributed by atoms with E-state index in [1.165, 1.54) is 6.07 Å². The van der Waals surface area contributed by atoms with Gasteiger partial charge in [0.1, 0.15) is 34.7 Å². The highest BCUT2D eigenvalue weighted by Crippen LogP contribution is 2.42. The van der Waals surface area contributed by atoms with E-state index in [1.54, 1.807) is 25.1 Å². The lowest BCUT2D eigenvalue weighted by atomic mass is 9.93. The van der Waals surface area contributed by atoms with Gasteiger partial charge in [0.15, 0.2) is 5.78 Å². The molecule has 34 heavy (non-hydrogen) atoms. The fourth-order valence-corrected chi connectivity index (χ4v) is 3.98. The highest BCUT2D eigenvalue weighted by molar-refractivity contribution is 6.02. The molecule has 3 rings (SSSR count). The van der Waals surface area contributed by atoms with Crippen LogP contribution in [0.3, 0.4) is 0 Å². The summed E-state index contributed by atoms with van der Waals surface area (Å²) in [5, 5.41) is 43.6. The summed E-state index contributed by atoms with van der Waals surface area (Å²) in [5.41, 5.74) is 9.89. The Morgan fingerprint density at radius 1 is 1.26 bits per heavy atom. The van der Waals surface area contributed by atoms with E-state index in [4.69, 9.17) is 10.3 Å². The smallest absolute Gasteiger partial charge is 0.174 e. The van der Waals surface area contributed by atoms with Crippen LogP contribution >= 0.6 is 0 Å². The maximum Gasteiger partial charge on any atom is 0.174 e. The Labute approximate surface area is 197 Å². The van der Waals surface area contributed by atoms with Crippen LogP contribution in [0.15, 0.2) is 47.1 Å². The lowest BCUT2D eigenvalue weighted by Gasteiger charge is -2.26. The van der Waals surface area contributed by atoms with Crippen LogP contribution in [-0.4, -0.2) is 38.4 Å². The molecular weight excluding hydrogens is 438 g/mol. The van der Waals surface area contributed by atoms with Crippen LogP contribution in [0.25, 0.3) is 10.4 Å². The van der Waals surface area contributed by atoms with Gasteiger partial charge in [-0.2, -0.15) is 0 Å². The van der Waals surface area contributed by atoms with Crippen LogP contribution < -0.4 is 4.74 Å². The van der Waals surface area contributed by atoms with Gasteiger partial charge in [0.25, 0.3) is 0 Å². The second-order valence-corrected chi connectivity index (χ2v) is 8.95. The van der Waals surface area contributed by atoms with Crippen LogP contribution in [0.4, 0.5) is 0 Å². The van der Waals surface area contributed by atoms with Gasteiger partial charge >= 0.3 is 0 Å². The van der Waals surface area contributed by atoms with E-state index < -0.39 is 11.7 Å². The molecule has 0 radical (unpaired) electrons. The highest BCUT2D eigenvalue weighted by Gasteiger charge is 2.31. The number of ether oxygens (including phenoxy) is 1. The Kier molecular flexibility index (Phi) is 7.71. The van der Waals surface area contributed by atoms with Gasteiger partial charge in [0.2, 0.25) is 0 Å². The molecule has 0 aromatic heterocycles. The van der Waals surface area contributed by atoms with Crippen LogP contribution in [-0.2, 0) is 6.42 Å². The van der Waals surface area contributed by atoms with Crippen molar-refractivity contribution in [3.05, 3.63) is 69.1 Å². The van der Waals surface area contributed by atoms with Crippen molar-refractivity contribution in [2.45, 2.75) is 57.7 Å². The molecule has 4 N–H and O–H groups in total. The molecule has 2 aromatic carbocycles. The summed E-state index contributed by atoms with van der Waals surface area (Å²) in [6.45, 7) is 3.65. The number of hydrogen-bond donors (Lipinski definition) is 4. The zero-order chi connectivity index (χ0) is 24.9. The first-order chi connectivity index (χ1) is 16.1. The number of Topliss-reactive ketones (excluding diaryl/α,β-unsaturated/α-hetero) is 1. The molecule has 1 unspecified atom stereocenters. The van der Waals surface area contributed by atoms with Gasteiger partial charge in [-0.05, 0) is 68.3 Å². The lowest BCUT2D eigenvalue weighted by molar-refractivity contribution is 0.0581. The minimum atomic E-state index is -1.04. The first-order valence-electron chi connectivity index (χ1n) is 11.1. The summed E-state index contributed by atoms with van der Waals surface area (Å²) in [4.78, 5) is 15.3. The van der Waals surface area contributed by atoms with Crippen LogP contribution in [0, 0.1) is 0 Å². The van der Waals surface area contributed by atoms with Crippen LogP contribution in [0.5, 0.6) is 23.0 Å². The molecule has 2 aromatic rings. The van der Waals surface area contributed by atoms with Crippen LogP contribution in [0.1, 0.15) is 67.1 Å². The summed E-state index contributed by atoms with van der Waals surface area (Å²) in [6, 6.07) is 7.44. The third-order valence-electron chi connectivity index (χ3n) is 5.89. The standard InChI is InChI=1S/C25H29N3O6/c1-15(4-3-9-25(2,33)14-27-28-26)5-6-16-10-17(7-8-19(16)30)22-13-21(32)24-20(31)11-18(29)12-23(24)34-22/h5,7-8,10-12,22,29-31,33H,3-4,6,9,13-14H2,1-2H3/b15-5+/t22-,25?/m0/s1. The first-order valence-corrected chi connectivity index (χ1v) is 11.1. The number of phenolic OH excluding ortho intramolecular Hbond substituents is 3. The number of benzene rings is 2. The number of carbonyl (C=O) groups is 1. The molecule has 0 aliphatic carbocycles. The van der Waals surface area contributed by atoms with E-state index in [2.05, 4.69) is 10.0 Å². The van der Waals surface area contributed by atoms with Gasteiger partial charge in [-0.3, -0.25) is 4.79 Å². The van der Waals surface area contributed by atoms with Crippen LogP contribution in [0.2, 0.25) is 0 Å². The van der Waals surface area contributed by atoms with Gasteiger partial charge in [0.05, 0.1) is 18.6 Å². The molecule has 0 spiro atoms. The quantitative estimate of drug-likeness (QED) is 0.171. The number of fused-ring (bicyclic) bond motifs is 1. The molecule has 9 nitrogen and oxygen atoms in total. The number of hydrogen-bond acceptors (Lipinski definition) is 7. The zero-order valence-electron chi connectivity index (χ0n) is 19.2. The molecule has 9 heteroatoms. The second kappa shape index (κ2) is 10.5. The van der Waals surface area contributed by atoms with E-state index in [0.717, 1.165) is 24.5 Å². The summed E-state index contributed by atoms with van der Waals surface area (Å²) in [6.07, 6.45) is 3.86. The van der Waals surface area contributed by atoms with E-state index in [1.807, 2.05) is 13.0 Å². The van der Waals surface area contributed by atoms with Gasteiger partial charge in [-0.1, -0.05) is 22.8 Å². The topological polar surface area (TPSA) is 156 Å². The van der Waals surface area contributed by atoms with Gasteiger partial charge in [-0.25, -0.2) is 0 Å². The molecular formula is C25H29N3O6. The Hall–Kier alpha value is -3.68. The average Bonchev–Trinajstić information content (AvgIpc) is 2.76. The maximum atomic E-state index is 12.6. The van der Waals surface area contributed by atoms with Gasteiger partial charge in [0, 0.05) is 17.0 Å². The minimum Gasteiger partial charge on any atom is -0.508 e. The van der Waals surface area contributed by atoms with Gasteiger partial charge < -0.3 is 25.2 Å². The van der Waals surface area contributed by atoms with Gasteiger partial charge in [-0.15, -0.1) is 0 Å². The highest BCUT2D eigenvalue weighted by atomic mass is 16.5. The average molecular weight is 468 g/mol. The summed E-state index contributed by atoms with van der Waals surface area (Å²) < 4.78 is 5.89. The third kappa shape index (κ3) is 6.21. The largest absolute Gasteiger partial charge is 0.508 e. The Morgan fingerprint density at radius 2 is 2.03 bits per heavy atom. The molecule has 180 valence electrons. The minimum absolute atomic E-state index is 0.0280. The first kappa shape index (κ1) is 25.0. The molecule has 0 saturated carbocycles. The Morgan fingerprint density at radius 3 is 2.76 bits per heavy atom. The number of carbonyl (C=O) groups excluding carboxylic acids is 1. The molecule has 0 amide bonds. The monoisotopic (exact) mass is 467 g/mol. The summed E-state index contributed by atoms with van der Waals surface area (Å²) in [7, 11) is 0. The van der Waals surface area contributed by atoms with E-state index in [-0.39, 0.29) is 47.3 Å². The number of azide groups is 1. The predicted octanol–water partition coefficient (Wildman–Crippen LogP) is 5.23. The predicted molar refractivity (Wildman–Crippen MR) is 126 cm³/mol. The number of ketones is 1. The van der Waals surface area contributed by atoms with Crippen molar-refractivity contribution in [3.63, 3.8) is 0 Å². The number of nitrogens with zero attached hydrogens (tertiary/aromatic N) is 3. The summed E-state index contributed by atoms with van der Waals surface area (Å²) in [5.74, 6) is -0.547. The fourth-order valence-electron chi connectivity index (χ4n) is 3.98. The number of rotatable bonds is 9. The number of allylic oxidation sites excluding steroid dienone is 2. The van der Waals surface area contributed by atoms with Crippen molar-refractivity contribution < 1.29 is 30.0 Å². The van der Waals surface area contributed by atoms with E-state index >= 15 is 0 Å². The normalized spacial score (nSPS) is 17.3. The van der Waals surface area contributed by atoms with Crippen molar-refractivity contribution in [1.82, 2.24) is 0 Å². The number of phenols is 3. The molecule has 0 saturated heterocycles. The maximum absolute atomic E-state index is 12.6. The molecule has 1 aliphatic rings. The van der Waals surface area contributed by atoms with E-state index in [9.17, 15) is 25.2 Å². The molecule has 2 atom stereocenters. The van der Waals surface area contributed by atoms with Crippen molar-refractivity contribution >= 4 is 5.78 Å². The van der Waals surface area contributed by atoms with Crippen molar-refractivity contribution in [1.29, 1.82) is 0 Å². The second-order valence-electron chi connectivity index (χ2n) is 8.95. The van der Waals surface area contributed by atoms with Crippen molar-refractivity contribution in [2.24, 2.45) is 5.11 Å². The molecule has 1 aliphatic heterocycles. The van der Waals surface area contributed by atoms with Crippen molar-refractivity contribution in [3.8, 4) is 23.0 Å². The zero-order valence-corrected chi connectivity index (χ0v) is 19.2. The molecule has 1 heterocycles. The lowest BCUT2D eigenvalue weighted by Crippen LogP contribution is -2.27. The molecule has 0 bridgehead atoms.